The Morgan fingerprint density at radius 2 is 1.79 bits per heavy atom. The molecule has 2 saturated carbocycles. The van der Waals surface area contributed by atoms with Gasteiger partial charge < -0.3 is 14.8 Å². The van der Waals surface area contributed by atoms with Gasteiger partial charge in [-0.2, -0.15) is 13.2 Å². The number of halogens is 3. The predicted molar refractivity (Wildman–Crippen MR) is 142 cm³/mol. The lowest BCUT2D eigenvalue weighted by molar-refractivity contribution is -0.138. The van der Waals surface area contributed by atoms with Crippen LogP contribution in [0.3, 0.4) is 0 Å². The third-order valence-corrected chi connectivity index (χ3v) is 9.14. The third-order valence-electron chi connectivity index (χ3n) is 9.14. The highest BCUT2D eigenvalue weighted by atomic mass is 19.4. The number of amides is 1. The van der Waals surface area contributed by atoms with Gasteiger partial charge in [-0.15, -0.1) is 10.2 Å². The van der Waals surface area contributed by atoms with Crippen LogP contribution in [0.25, 0.3) is 0 Å². The van der Waals surface area contributed by atoms with Crippen LogP contribution in [0.1, 0.15) is 96.7 Å². The first kappa shape index (κ1) is 26.0. The van der Waals surface area contributed by atoms with Crippen molar-refractivity contribution in [3.63, 3.8) is 0 Å². The van der Waals surface area contributed by atoms with Gasteiger partial charge in [0.25, 0.3) is 5.91 Å². The molecule has 1 aliphatic heterocycles. The van der Waals surface area contributed by atoms with Gasteiger partial charge in [-0.1, -0.05) is 31.4 Å². The van der Waals surface area contributed by atoms with Crippen LogP contribution in [0.5, 0.6) is 0 Å². The van der Waals surface area contributed by atoms with Crippen LogP contribution in [0.4, 0.5) is 18.9 Å². The fourth-order valence-corrected chi connectivity index (χ4v) is 6.72. The minimum absolute atomic E-state index is 0.0499. The molecule has 3 aromatic rings. The molecule has 0 radical (unpaired) electrons. The molecule has 1 aromatic heterocycles. The Hall–Kier alpha value is -3.20. The van der Waals surface area contributed by atoms with Gasteiger partial charge in [0, 0.05) is 30.4 Å². The minimum Gasteiger partial charge on any atom is -0.320 e. The van der Waals surface area contributed by atoms with Crippen LogP contribution in [-0.2, 0) is 31.7 Å². The number of hydrogen-bond acceptors (Lipinski definition) is 4. The molecule has 0 saturated heterocycles. The van der Waals surface area contributed by atoms with Crippen LogP contribution in [0.15, 0.2) is 42.7 Å². The van der Waals surface area contributed by atoms with Crippen molar-refractivity contribution in [2.75, 3.05) is 4.90 Å². The number of fused-ring (bicyclic) bond motifs is 1. The maximum atomic E-state index is 14.2. The number of nitrogens with zero attached hydrogens (tertiary/aromatic N) is 4. The number of hydrogen-bond donors (Lipinski definition) is 1. The molecule has 3 aliphatic rings. The Labute approximate surface area is 226 Å². The van der Waals surface area contributed by atoms with E-state index in [-0.39, 0.29) is 34.5 Å². The zero-order valence-corrected chi connectivity index (χ0v) is 22.4. The second-order valence-corrected chi connectivity index (χ2v) is 11.8. The van der Waals surface area contributed by atoms with Crippen molar-refractivity contribution in [3.8, 4) is 0 Å². The summed E-state index contributed by atoms with van der Waals surface area (Å²) in [6.07, 6.45) is 5.34. The maximum absolute atomic E-state index is 14.2. The second kappa shape index (κ2) is 9.47. The van der Waals surface area contributed by atoms with E-state index in [1.807, 2.05) is 35.9 Å². The minimum atomic E-state index is -4.55. The Morgan fingerprint density at radius 3 is 2.44 bits per heavy atom. The average Bonchev–Trinajstić information content (AvgIpc) is 3.49. The summed E-state index contributed by atoms with van der Waals surface area (Å²) in [6, 6.07) is 10.6. The summed E-state index contributed by atoms with van der Waals surface area (Å²) in [5.41, 5.74) is 1.20. The number of anilines is 1. The van der Waals surface area contributed by atoms with E-state index >= 15 is 0 Å². The van der Waals surface area contributed by atoms with E-state index in [0.29, 0.717) is 17.8 Å². The third kappa shape index (κ3) is 4.54. The Bertz CT molecular complexity index is 1400. The van der Waals surface area contributed by atoms with Crippen molar-refractivity contribution < 1.29 is 18.0 Å². The zero-order valence-electron chi connectivity index (χ0n) is 22.4. The molecule has 2 fully saturated rings. The number of carbonyl (C=O) groups excluding carboxylic acids is 1. The van der Waals surface area contributed by atoms with Gasteiger partial charge in [0.05, 0.1) is 17.5 Å². The molecule has 6 nitrogen and oxygen atoms in total. The maximum Gasteiger partial charge on any atom is 0.416 e. The first-order valence-electron chi connectivity index (χ1n) is 13.8. The molecule has 0 unspecified atom stereocenters. The summed E-state index contributed by atoms with van der Waals surface area (Å²) in [6.45, 7) is 2.29. The van der Waals surface area contributed by atoms with Crippen LogP contribution in [0.2, 0.25) is 0 Å². The molecule has 9 heteroatoms. The van der Waals surface area contributed by atoms with Gasteiger partial charge in [0.1, 0.15) is 12.2 Å². The first-order chi connectivity index (χ1) is 18.6. The van der Waals surface area contributed by atoms with Gasteiger partial charge in [-0.25, -0.2) is 0 Å². The van der Waals surface area contributed by atoms with Crippen LogP contribution in [0, 0.1) is 0 Å². The number of nitrogens with one attached hydrogen (secondary N) is 1. The lowest BCUT2D eigenvalue weighted by Gasteiger charge is -2.39. The number of carbonyl (C=O) groups is 1. The number of benzene rings is 2. The highest BCUT2D eigenvalue weighted by molar-refractivity contribution is 6.10. The molecule has 39 heavy (non-hydrogen) atoms. The number of aromatic nitrogens is 3. The first-order valence-corrected chi connectivity index (χ1v) is 13.8. The Balaban J connectivity index is 1.35. The van der Waals surface area contributed by atoms with Gasteiger partial charge in [-0.3, -0.25) is 4.79 Å². The van der Waals surface area contributed by atoms with Crippen molar-refractivity contribution in [1.82, 2.24) is 20.1 Å². The molecule has 6 rings (SSSR count). The van der Waals surface area contributed by atoms with Crippen molar-refractivity contribution in [1.29, 1.82) is 0 Å². The fraction of sp³-hybridized carbons (Fsp3) is 0.500. The van der Waals surface area contributed by atoms with E-state index in [2.05, 4.69) is 22.4 Å². The summed E-state index contributed by atoms with van der Waals surface area (Å²) >= 11 is 0. The summed E-state index contributed by atoms with van der Waals surface area (Å²) in [5.74, 6) is 0.493. The molecule has 2 heterocycles. The van der Waals surface area contributed by atoms with E-state index in [4.69, 9.17) is 0 Å². The smallest absolute Gasteiger partial charge is 0.320 e. The fourth-order valence-electron chi connectivity index (χ4n) is 6.72. The lowest BCUT2D eigenvalue weighted by atomic mass is 9.68. The van der Waals surface area contributed by atoms with Crippen molar-refractivity contribution in [3.05, 3.63) is 76.4 Å². The van der Waals surface area contributed by atoms with Crippen LogP contribution < -0.4 is 10.2 Å². The largest absolute Gasteiger partial charge is 0.416 e. The van der Waals surface area contributed by atoms with Gasteiger partial charge in [0.15, 0.2) is 0 Å². The lowest BCUT2D eigenvalue weighted by Crippen LogP contribution is -2.47. The van der Waals surface area contributed by atoms with E-state index in [1.165, 1.54) is 11.0 Å². The van der Waals surface area contributed by atoms with Crippen molar-refractivity contribution in [2.24, 2.45) is 7.05 Å². The predicted octanol–water partition coefficient (Wildman–Crippen LogP) is 6.28. The normalized spacial score (nSPS) is 20.1. The van der Waals surface area contributed by atoms with Gasteiger partial charge in [0.2, 0.25) is 0 Å². The Morgan fingerprint density at radius 1 is 1.03 bits per heavy atom. The van der Waals surface area contributed by atoms with Gasteiger partial charge >= 0.3 is 6.18 Å². The van der Waals surface area contributed by atoms with Crippen LogP contribution in [-0.4, -0.2) is 26.2 Å². The van der Waals surface area contributed by atoms with E-state index in [0.717, 1.165) is 62.8 Å². The molecule has 1 amide bonds. The molecule has 2 aliphatic carbocycles. The van der Waals surface area contributed by atoms with Crippen molar-refractivity contribution in [2.45, 2.75) is 88.5 Å². The molecule has 2 aromatic carbocycles. The van der Waals surface area contributed by atoms with E-state index in [9.17, 15) is 18.0 Å². The summed E-state index contributed by atoms with van der Waals surface area (Å²) in [4.78, 5) is 15.1. The molecule has 0 spiro atoms. The summed E-state index contributed by atoms with van der Waals surface area (Å²) in [5, 5.41) is 12.0. The monoisotopic (exact) mass is 537 g/mol. The summed E-state index contributed by atoms with van der Waals surface area (Å²) in [7, 11) is 1.94. The molecule has 206 valence electrons. The standard InChI is InChI=1S/C30H34F3N5O/c1-28(10-7-11-28)34-17-20-14-23-24(25(15-20)30(31,32)33)18-38(26(23)39)22-9-6-8-21(16-22)29(12-4-3-5-13-29)27-36-35-19-37(27)2/h6,8-9,14-16,19,34H,3-5,7,10-13,17-18H2,1-2H3. The SMILES string of the molecule is Cn1cnnc1C1(c2cccc(N3Cc4c(cc(CNC5(C)CCC5)cc4C(F)(F)F)C3=O)c2)CCCCC1. The molecule has 0 bridgehead atoms. The number of rotatable bonds is 6. The molecular weight excluding hydrogens is 503 g/mol. The van der Waals surface area contributed by atoms with Crippen molar-refractivity contribution >= 4 is 11.6 Å². The molecule has 0 atom stereocenters. The second-order valence-electron chi connectivity index (χ2n) is 11.8. The number of aryl methyl sites for hydroxylation is 1. The number of alkyl halides is 3. The summed E-state index contributed by atoms with van der Waals surface area (Å²) < 4.78 is 44.6. The Kier molecular flexibility index (Phi) is 6.32. The van der Waals surface area contributed by atoms with Gasteiger partial charge in [-0.05, 0) is 80.0 Å². The van der Waals surface area contributed by atoms with E-state index < -0.39 is 11.7 Å². The quantitative estimate of drug-likeness (QED) is 0.402. The molecule has 1 N–H and O–H groups in total. The topological polar surface area (TPSA) is 63.1 Å². The van der Waals surface area contributed by atoms with E-state index in [1.54, 1.807) is 12.4 Å². The average molecular weight is 538 g/mol. The highest BCUT2D eigenvalue weighted by Gasteiger charge is 2.43. The highest BCUT2D eigenvalue weighted by Crippen LogP contribution is 2.46. The van der Waals surface area contributed by atoms with Crippen LogP contribution >= 0.6 is 0 Å². The zero-order chi connectivity index (χ0) is 27.4. The molecular formula is C30H34F3N5O.